The monoisotopic (exact) mass is 509 g/mol. The molecule has 1 heterocycles. The number of rotatable bonds is 11. The molecule has 1 aliphatic carbocycles. The van der Waals surface area contributed by atoms with Gasteiger partial charge in [-0.1, -0.05) is 36.6 Å². The van der Waals surface area contributed by atoms with E-state index in [0.717, 1.165) is 31.2 Å². The minimum Gasteiger partial charge on any atom is -0.497 e. The fourth-order valence-electron chi connectivity index (χ4n) is 4.87. The number of amides is 2. The van der Waals surface area contributed by atoms with Crippen LogP contribution in [0.4, 0.5) is 0 Å². The third-order valence-electron chi connectivity index (χ3n) is 6.80. The van der Waals surface area contributed by atoms with Gasteiger partial charge in [-0.15, -0.1) is 5.10 Å². The maximum absolute atomic E-state index is 13.9. The van der Waals surface area contributed by atoms with Gasteiger partial charge in [0.05, 0.1) is 26.3 Å². The van der Waals surface area contributed by atoms with Crippen LogP contribution in [0.15, 0.2) is 42.5 Å². The van der Waals surface area contributed by atoms with E-state index in [0.29, 0.717) is 22.6 Å². The van der Waals surface area contributed by atoms with Crippen LogP contribution in [0.5, 0.6) is 11.5 Å². The Morgan fingerprint density at radius 1 is 1.08 bits per heavy atom. The summed E-state index contributed by atoms with van der Waals surface area (Å²) in [6.45, 7) is 0.373. The van der Waals surface area contributed by atoms with Crippen LogP contribution >= 0.6 is 0 Å². The van der Waals surface area contributed by atoms with Gasteiger partial charge in [-0.05, 0) is 43.2 Å². The molecule has 0 aliphatic heterocycles. The summed E-state index contributed by atoms with van der Waals surface area (Å²) in [5.74, 6) is 0.506. The second-order valence-corrected chi connectivity index (χ2v) is 9.17. The van der Waals surface area contributed by atoms with Gasteiger partial charge in [0.1, 0.15) is 29.6 Å². The fraction of sp³-hybridized carbons (Fsp3) is 0.481. The third kappa shape index (κ3) is 6.19. The largest absolute Gasteiger partial charge is 0.497 e. The maximum atomic E-state index is 13.9. The first-order valence-corrected chi connectivity index (χ1v) is 12.6. The lowest BCUT2D eigenvalue weighted by molar-refractivity contribution is -0.142. The molecular weight excluding hydrogens is 474 g/mol. The first-order valence-electron chi connectivity index (χ1n) is 12.6. The fourth-order valence-corrected chi connectivity index (χ4v) is 4.87. The second-order valence-electron chi connectivity index (χ2n) is 9.17. The van der Waals surface area contributed by atoms with E-state index in [-0.39, 0.29) is 37.6 Å². The Morgan fingerprint density at radius 3 is 2.59 bits per heavy atom. The van der Waals surface area contributed by atoms with Crippen molar-refractivity contribution in [3.63, 3.8) is 0 Å². The summed E-state index contributed by atoms with van der Waals surface area (Å²) in [5, 5.41) is 11.5. The highest BCUT2D eigenvalue weighted by atomic mass is 16.5. The molecule has 0 spiro atoms. The number of nitrogens with one attached hydrogen (secondary N) is 1. The van der Waals surface area contributed by atoms with E-state index in [2.05, 4.69) is 15.6 Å². The van der Waals surface area contributed by atoms with Gasteiger partial charge in [-0.2, -0.15) is 0 Å². The lowest BCUT2D eigenvalue weighted by Crippen LogP contribution is -2.49. The van der Waals surface area contributed by atoms with Gasteiger partial charge in [0.2, 0.25) is 11.8 Å². The predicted molar refractivity (Wildman–Crippen MR) is 138 cm³/mol. The number of nitrogens with zero attached hydrogens (tertiary/aromatic N) is 4. The number of methoxy groups -OCH3 is 3. The van der Waals surface area contributed by atoms with E-state index in [4.69, 9.17) is 14.2 Å². The minimum atomic E-state index is -0.954. The van der Waals surface area contributed by atoms with Gasteiger partial charge >= 0.3 is 0 Å². The molecule has 10 heteroatoms. The number of carbonyl (C=O) groups excluding carboxylic acids is 2. The number of hydrogen-bond acceptors (Lipinski definition) is 7. The van der Waals surface area contributed by atoms with Crippen molar-refractivity contribution in [2.45, 2.75) is 50.7 Å². The molecule has 0 bridgehead atoms. The lowest BCUT2D eigenvalue weighted by Gasteiger charge is -2.34. The summed E-state index contributed by atoms with van der Waals surface area (Å²) in [6.07, 6.45) is 5.16. The molecule has 0 unspecified atom stereocenters. The molecule has 1 atom stereocenters. The number of fused-ring (bicyclic) bond motifs is 1. The highest BCUT2D eigenvalue weighted by Crippen LogP contribution is 2.34. The zero-order chi connectivity index (χ0) is 26.2. The summed E-state index contributed by atoms with van der Waals surface area (Å²) in [4.78, 5) is 29.3. The molecule has 198 valence electrons. The highest BCUT2D eigenvalue weighted by Gasteiger charge is 2.35. The Morgan fingerprint density at radius 2 is 1.86 bits per heavy atom. The average Bonchev–Trinajstić information content (AvgIpc) is 3.33. The molecule has 2 amide bonds. The summed E-state index contributed by atoms with van der Waals surface area (Å²) in [5.41, 5.74) is 1.98. The van der Waals surface area contributed by atoms with E-state index < -0.39 is 6.04 Å². The van der Waals surface area contributed by atoms with Crippen molar-refractivity contribution < 1.29 is 23.8 Å². The molecule has 37 heavy (non-hydrogen) atoms. The molecule has 3 aromatic rings. The van der Waals surface area contributed by atoms with Crippen LogP contribution in [-0.4, -0.2) is 72.2 Å². The number of hydrogen-bond donors (Lipinski definition) is 1. The Kier molecular flexibility index (Phi) is 8.95. The van der Waals surface area contributed by atoms with Crippen LogP contribution in [-0.2, 0) is 20.9 Å². The number of ether oxygens (including phenoxy) is 3. The normalized spacial score (nSPS) is 14.8. The van der Waals surface area contributed by atoms with Crippen molar-refractivity contribution >= 4 is 22.8 Å². The molecule has 1 N–H and O–H groups in total. The molecule has 0 saturated heterocycles. The Hall–Kier alpha value is -3.66. The zero-order valence-electron chi connectivity index (χ0n) is 21.7. The zero-order valence-corrected chi connectivity index (χ0v) is 21.7. The quantitative estimate of drug-likeness (QED) is 0.423. The molecule has 2 aromatic carbocycles. The van der Waals surface area contributed by atoms with Crippen molar-refractivity contribution in [3.05, 3.63) is 48.0 Å². The van der Waals surface area contributed by atoms with E-state index in [1.165, 1.54) is 11.3 Å². The summed E-state index contributed by atoms with van der Waals surface area (Å²) in [6, 6.07) is 11.8. The van der Waals surface area contributed by atoms with Gasteiger partial charge in [0.15, 0.2) is 0 Å². The molecule has 0 radical (unpaired) electrons. The van der Waals surface area contributed by atoms with Crippen LogP contribution < -0.4 is 14.8 Å². The summed E-state index contributed by atoms with van der Waals surface area (Å²) >= 11 is 0. The molecule has 10 nitrogen and oxygen atoms in total. The smallest absolute Gasteiger partial charge is 0.247 e. The first kappa shape index (κ1) is 26.4. The van der Waals surface area contributed by atoms with Crippen molar-refractivity contribution in [2.24, 2.45) is 0 Å². The Balaban J connectivity index is 1.72. The van der Waals surface area contributed by atoms with Crippen LogP contribution in [0, 0.1) is 0 Å². The van der Waals surface area contributed by atoms with E-state index in [1.807, 2.05) is 24.3 Å². The summed E-state index contributed by atoms with van der Waals surface area (Å²) < 4.78 is 18.0. The van der Waals surface area contributed by atoms with Crippen molar-refractivity contribution in [1.29, 1.82) is 0 Å². The van der Waals surface area contributed by atoms with Crippen LogP contribution in [0.25, 0.3) is 11.0 Å². The van der Waals surface area contributed by atoms with Crippen molar-refractivity contribution in [1.82, 2.24) is 25.2 Å². The Bertz CT molecular complexity index is 1210. The molecule has 1 aromatic heterocycles. The molecule has 1 fully saturated rings. The maximum Gasteiger partial charge on any atom is 0.247 e. The SMILES string of the molecule is COCCN(C(=O)Cn1nnc2ccccc21)[C@@H](C(=O)NC1CCCCC1)c1cc(OC)ccc1OC. The minimum absolute atomic E-state index is 0.0685. The van der Waals surface area contributed by atoms with Gasteiger partial charge in [0, 0.05) is 25.3 Å². The molecule has 4 rings (SSSR count). The van der Waals surface area contributed by atoms with Gasteiger partial charge in [0.25, 0.3) is 0 Å². The highest BCUT2D eigenvalue weighted by molar-refractivity contribution is 5.90. The van der Waals surface area contributed by atoms with Crippen molar-refractivity contribution in [2.75, 3.05) is 34.5 Å². The van der Waals surface area contributed by atoms with Crippen LogP contribution in [0.3, 0.4) is 0 Å². The van der Waals surface area contributed by atoms with Gasteiger partial charge in [-0.3, -0.25) is 9.59 Å². The van der Waals surface area contributed by atoms with Crippen LogP contribution in [0.2, 0.25) is 0 Å². The average molecular weight is 510 g/mol. The van der Waals surface area contributed by atoms with Gasteiger partial charge < -0.3 is 24.4 Å². The summed E-state index contributed by atoms with van der Waals surface area (Å²) in [7, 11) is 4.67. The van der Waals surface area contributed by atoms with E-state index in [1.54, 1.807) is 44.2 Å². The predicted octanol–water partition coefficient (Wildman–Crippen LogP) is 3.11. The third-order valence-corrected chi connectivity index (χ3v) is 6.80. The first-order chi connectivity index (χ1) is 18.0. The Labute approximate surface area is 216 Å². The van der Waals surface area contributed by atoms with Crippen molar-refractivity contribution in [3.8, 4) is 11.5 Å². The molecule has 1 saturated carbocycles. The lowest BCUT2D eigenvalue weighted by atomic mass is 9.94. The topological polar surface area (TPSA) is 108 Å². The number of benzene rings is 2. The number of para-hydroxylation sites is 1. The molecular formula is C27H35N5O5. The number of aromatic nitrogens is 3. The standard InChI is InChI=1S/C27H35N5O5/c1-35-16-15-31(25(33)18-32-23-12-8-7-11-22(23)29-30-32)26(27(34)28-19-9-5-4-6-10-19)21-17-20(36-2)13-14-24(21)37-3/h7-8,11-14,17,19,26H,4-6,9-10,15-16,18H2,1-3H3,(H,28,34)/t26-/m1/s1. The van der Waals surface area contributed by atoms with E-state index in [9.17, 15) is 9.59 Å². The van der Waals surface area contributed by atoms with Gasteiger partial charge in [-0.25, -0.2) is 4.68 Å². The van der Waals surface area contributed by atoms with Crippen LogP contribution in [0.1, 0.15) is 43.7 Å². The second kappa shape index (κ2) is 12.5. The van der Waals surface area contributed by atoms with E-state index >= 15 is 0 Å². The molecule has 1 aliphatic rings. The number of carbonyl (C=O) groups is 2.